The molecule has 0 saturated heterocycles. The van der Waals surface area contributed by atoms with Crippen LogP contribution in [-0.4, -0.2) is 32.2 Å². The quantitative estimate of drug-likeness (QED) is 0.641. The maximum absolute atomic E-state index is 12.2. The summed E-state index contributed by atoms with van der Waals surface area (Å²) in [6.07, 6.45) is 0.493. The Morgan fingerprint density at radius 3 is 2.67 bits per heavy atom. The summed E-state index contributed by atoms with van der Waals surface area (Å²) in [5.41, 5.74) is 1.27. The standard InChI is InChI=1S/C18H18N4O4S/c1-10-15(18(24)25)27-17(20-10)11(2)19-13(23)8-9-14-21-22-16(26-14)12-6-4-3-5-7-12/h3-7,11H,8-9H2,1-2H3,(H,19,23)(H,24,25). The van der Waals surface area contributed by atoms with Gasteiger partial charge in [0, 0.05) is 18.4 Å². The first-order chi connectivity index (χ1) is 12.9. The molecule has 1 aromatic carbocycles. The predicted molar refractivity (Wildman–Crippen MR) is 98.4 cm³/mol. The number of carboxylic acids is 1. The van der Waals surface area contributed by atoms with Gasteiger partial charge in [0.1, 0.15) is 9.88 Å². The summed E-state index contributed by atoms with van der Waals surface area (Å²) in [6.45, 7) is 3.40. The van der Waals surface area contributed by atoms with Crippen LogP contribution >= 0.6 is 11.3 Å². The lowest BCUT2D eigenvalue weighted by atomic mass is 10.2. The number of benzene rings is 1. The van der Waals surface area contributed by atoms with Gasteiger partial charge in [0.15, 0.2) is 0 Å². The molecule has 1 unspecified atom stereocenters. The smallest absolute Gasteiger partial charge is 0.347 e. The normalized spacial score (nSPS) is 11.9. The second kappa shape index (κ2) is 8.09. The fourth-order valence-electron chi connectivity index (χ4n) is 2.45. The zero-order valence-electron chi connectivity index (χ0n) is 14.8. The summed E-state index contributed by atoms with van der Waals surface area (Å²) in [6, 6.07) is 9.02. The minimum absolute atomic E-state index is 0.177. The van der Waals surface area contributed by atoms with Gasteiger partial charge in [-0.05, 0) is 26.0 Å². The fourth-order valence-corrected chi connectivity index (χ4v) is 3.36. The number of rotatable bonds is 7. The van der Waals surface area contributed by atoms with Crippen molar-refractivity contribution < 1.29 is 19.1 Å². The second-order valence-corrected chi connectivity index (χ2v) is 6.96. The molecule has 0 spiro atoms. The molecule has 0 bridgehead atoms. The minimum atomic E-state index is -1.01. The molecular weight excluding hydrogens is 368 g/mol. The van der Waals surface area contributed by atoms with Gasteiger partial charge in [-0.25, -0.2) is 9.78 Å². The van der Waals surface area contributed by atoms with Crippen LogP contribution in [0, 0.1) is 6.92 Å². The Bertz CT molecular complexity index is 951. The van der Waals surface area contributed by atoms with Crippen molar-refractivity contribution in [1.29, 1.82) is 0 Å². The van der Waals surface area contributed by atoms with Crippen LogP contribution in [0.15, 0.2) is 34.7 Å². The summed E-state index contributed by atoms with van der Waals surface area (Å²) in [4.78, 5) is 27.7. The van der Waals surface area contributed by atoms with Crippen molar-refractivity contribution in [2.24, 2.45) is 0 Å². The molecule has 3 rings (SSSR count). The molecule has 140 valence electrons. The van der Waals surface area contributed by atoms with E-state index in [4.69, 9.17) is 9.52 Å². The molecule has 27 heavy (non-hydrogen) atoms. The molecule has 2 heterocycles. The maximum atomic E-state index is 12.2. The van der Waals surface area contributed by atoms with Gasteiger partial charge in [-0.3, -0.25) is 4.79 Å². The topological polar surface area (TPSA) is 118 Å². The molecule has 1 atom stereocenters. The van der Waals surface area contributed by atoms with Gasteiger partial charge < -0.3 is 14.8 Å². The summed E-state index contributed by atoms with van der Waals surface area (Å²) in [5, 5.41) is 20.4. The number of nitrogens with one attached hydrogen (secondary N) is 1. The summed E-state index contributed by atoms with van der Waals surface area (Å²) in [7, 11) is 0. The van der Waals surface area contributed by atoms with Crippen LogP contribution in [0.3, 0.4) is 0 Å². The number of aromatic nitrogens is 3. The summed E-state index contributed by atoms with van der Waals surface area (Å²) < 4.78 is 5.58. The molecule has 8 nitrogen and oxygen atoms in total. The summed E-state index contributed by atoms with van der Waals surface area (Å²) in [5.74, 6) is -0.416. The molecule has 0 aliphatic rings. The largest absolute Gasteiger partial charge is 0.477 e. The Kier molecular flexibility index (Phi) is 5.60. The Morgan fingerprint density at radius 1 is 1.26 bits per heavy atom. The van der Waals surface area contributed by atoms with Gasteiger partial charge in [-0.15, -0.1) is 21.5 Å². The number of carbonyl (C=O) groups excluding carboxylic acids is 1. The van der Waals surface area contributed by atoms with Gasteiger partial charge in [-0.2, -0.15) is 0 Å². The second-order valence-electron chi connectivity index (χ2n) is 5.93. The molecule has 0 aliphatic heterocycles. The Hall–Kier alpha value is -3.07. The third-order valence-corrected chi connectivity index (χ3v) is 5.14. The van der Waals surface area contributed by atoms with E-state index in [0.29, 0.717) is 28.9 Å². The van der Waals surface area contributed by atoms with E-state index in [1.165, 1.54) is 0 Å². The lowest BCUT2D eigenvalue weighted by molar-refractivity contribution is -0.121. The molecule has 9 heteroatoms. The first kappa shape index (κ1) is 18.7. The highest BCUT2D eigenvalue weighted by atomic mass is 32.1. The van der Waals surface area contributed by atoms with Crippen molar-refractivity contribution in [2.45, 2.75) is 32.7 Å². The minimum Gasteiger partial charge on any atom is -0.477 e. The molecule has 3 aromatic rings. The number of amides is 1. The predicted octanol–water partition coefficient (Wildman–Crippen LogP) is 3.01. The number of thiazole rings is 1. The first-order valence-electron chi connectivity index (χ1n) is 8.32. The van der Waals surface area contributed by atoms with E-state index in [0.717, 1.165) is 16.9 Å². The number of nitrogens with zero attached hydrogens (tertiary/aromatic N) is 3. The Balaban J connectivity index is 1.55. The number of hydrogen-bond acceptors (Lipinski definition) is 7. The molecule has 0 radical (unpaired) electrons. The summed E-state index contributed by atoms with van der Waals surface area (Å²) >= 11 is 1.07. The van der Waals surface area contributed by atoms with Crippen LogP contribution < -0.4 is 5.32 Å². The average Bonchev–Trinajstić information content (AvgIpc) is 3.27. The van der Waals surface area contributed by atoms with Crippen molar-refractivity contribution >= 4 is 23.2 Å². The number of hydrogen-bond donors (Lipinski definition) is 2. The van der Waals surface area contributed by atoms with E-state index in [2.05, 4.69) is 20.5 Å². The first-order valence-corrected chi connectivity index (χ1v) is 9.13. The van der Waals surface area contributed by atoms with Crippen LogP contribution in [0.25, 0.3) is 11.5 Å². The lowest BCUT2D eigenvalue weighted by Gasteiger charge is -2.10. The van der Waals surface area contributed by atoms with E-state index in [1.54, 1.807) is 13.8 Å². The highest BCUT2D eigenvalue weighted by Gasteiger charge is 2.19. The molecule has 2 N–H and O–H groups in total. The van der Waals surface area contributed by atoms with Crippen molar-refractivity contribution in [3.63, 3.8) is 0 Å². The van der Waals surface area contributed by atoms with Gasteiger partial charge in [0.2, 0.25) is 17.7 Å². The number of carboxylic acid groups (broad SMARTS) is 1. The van der Waals surface area contributed by atoms with E-state index >= 15 is 0 Å². The van der Waals surface area contributed by atoms with Crippen LogP contribution in [0.4, 0.5) is 0 Å². The van der Waals surface area contributed by atoms with E-state index in [-0.39, 0.29) is 23.2 Å². The highest BCUT2D eigenvalue weighted by Crippen LogP contribution is 2.23. The van der Waals surface area contributed by atoms with Crippen molar-refractivity contribution in [2.75, 3.05) is 0 Å². The Labute approximate surface area is 159 Å². The number of aromatic carboxylic acids is 1. The lowest BCUT2D eigenvalue weighted by Crippen LogP contribution is -2.26. The van der Waals surface area contributed by atoms with Crippen LogP contribution in [-0.2, 0) is 11.2 Å². The van der Waals surface area contributed by atoms with E-state index in [1.807, 2.05) is 30.3 Å². The third-order valence-electron chi connectivity index (χ3n) is 3.81. The van der Waals surface area contributed by atoms with Gasteiger partial charge in [-0.1, -0.05) is 18.2 Å². The molecule has 0 saturated carbocycles. The molecular formula is C18H18N4O4S. The molecule has 0 aliphatic carbocycles. The van der Waals surface area contributed by atoms with Gasteiger partial charge in [0.25, 0.3) is 0 Å². The Morgan fingerprint density at radius 2 is 2.00 bits per heavy atom. The SMILES string of the molecule is Cc1nc(C(C)NC(=O)CCc2nnc(-c3ccccc3)o2)sc1C(=O)O. The molecule has 1 amide bonds. The zero-order chi connectivity index (χ0) is 19.4. The zero-order valence-corrected chi connectivity index (χ0v) is 15.6. The maximum Gasteiger partial charge on any atom is 0.347 e. The number of carbonyl (C=O) groups is 2. The van der Waals surface area contributed by atoms with Crippen LogP contribution in [0.2, 0.25) is 0 Å². The van der Waals surface area contributed by atoms with Gasteiger partial charge >= 0.3 is 5.97 Å². The average molecular weight is 386 g/mol. The third kappa shape index (κ3) is 4.56. The van der Waals surface area contributed by atoms with Crippen molar-refractivity contribution in [1.82, 2.24) is 20.5 Å². The van der Waals surface area contributed by atoms with Crippen molar-refractivity contribution in [3.05, 3.63) is 51.8 Å². The monoisotopic (exact) mass is 386 g/mol. The molecule has 2 aromatic heterocycles. The van der Waals surface area contributed by atoms with Crippen LogP contribution in [0.5, 0.6) is 0 Å². The van der Waals surface area contributed by atoms with Crippen molar-refractivity contribution in [3.8, 4) is 11.5 Å². The molecule has 0 fully saturated rings. The van der Waals surface area contributed by atoms with E-state index in [9.17, 15) is 9.59 Å². The van der Waals surface area contributed by atoms with E-state index < -0.39 is 5.97 Å². The fraction of sp³-hybridized carbons (Fsp3) is 0.278. The van der Waals surface area contributed by atoms with Crippen LogP contribution in [0.1, 0.15) is 45.7 Å². The number of aryl methyl sites for hydroxylation is 2. The highest BCUT2D eigenvalue weighted by molar-refractivity contribution is 7.13. The van der Waals surface area contributed by atoms with Gasteiger partial charge in [0.05, 0.1) is 11.7 Å².